The molecule has 0 bridgehead atoms. The molecule has 0 saturated heterocycles. The van der Waals surface area contributed by atoms with Crippen LogP contribution in [0.5, 0.6) is 0 Å². The number of esters is 2. The minimum absolute atomic E-state index is 0.0851. The van der Waals surface area contributed by atoms with Crippen LogP contribution in [0, 0.1) is 0 Å². The van der Waals surface area contributed by atoms with Crippen molar-refractivity contribution in [3.05, 3.63) is 24.3 Å². The van der Waals surface area contributed by atoms with Crippen molar-refractivity contribution < 1.29 is 23.8 Å². The molecular weight excluding hydrogens is 572 g/mol. The van der Waals surface area contributed by atoms with Crippen LogP contribution < -0.4 is 0 Å². The molecule has 0 aliphatic carbocycles. The van der Waals surface area contributed by atoms with Gasteiger partial charge in [-0.15, -0.1) is 0 Å². The largest absolute Gasteiger partial charge is 0.462 e. The van der Waals surface area contributed by atoms with Crippen molar-refractivity contribution in [3.63, 3.8) is 0 Å². The Morgan fingerprint density at radius 2 is 0.913 bits per heavy atom. The highest BCUT2D eigenvalue weighted by atomic mass is 16.6. The molecule has 0 aromatic rings. The van der Waals surface area contributed by atoms with E-state index in [2.05, 4.69) is 45.1 Å². The van der Waals surface area contributed by atoms with E-state index in [1.165, 1.54) is 116 Å². The van der Waals surface area contributed by atoms with E-state index < -0.39 is 6.10 Å². The van der Waals surface area contributed by atoms with E-state index in [1.807, 2.05) is 0 Å². The highest BCUT2D eigenvalue weighted by Crippen LogP contribution is 2.13. The quantitative estimate of drug-likeness (QED) is 0.0384. The second-order valence-corrected chi connectivity index (χ2v) is 13.2. The normalized spacial score (nSPS) is 12.3. The zero-order valence-electron chi connectivity index (χ0n) is 30.8. The predicted molar refractivity (Wildman–Crippen MR) is 196 cm³/mol. The van der Waals surface area contributed by atoms with Crippen LogP contribution in [-0.2, 0) is 23.8 Å². The van der Waals surface area contributed by atoms with Gasteiger partial charge in [-0.25, -0.2) is 0 Å². The Kier molecular flexibility index (Phi) is 36.5. The fraction of sp³-hybridized carbons (Fsp3) is 0.854. The number of hydrogen-bond donors (Lipinski definition) is 0. The molecule has 1 unspecified atom stereocenters. The van der Waals surface area contributed by atoms with Gasteiger partial charge in [0.05, 0.1) is 6.61 Å². The fourth-order valence-corrected chi connectivity index (χ4v) is 5.48. The SMILES string of the molecule is CCCCC/C=C\C/C=C\CCCCCCCCCC(=O)OCC(COCCCCCCCC)OC(=O)CCCCCCCCC. The summed E-state index contributed by atoms with van der Waals surface area (Å²) in [5.74, 6) is -0.411. The molecule has 0 fully saturated rings. The van der Waals surface area contributed by atoms with Gasteiger partial charge < -0.3 is 14.2 Å². The van der Waals surface area contributed by atoms with Crippen LogP contribution in [0.1, 0.15) is 201 Å². The number of rotatable bonds is 36. The molecule has 0 aliphatic rings. The summed E-state index contributed by atoms with van der Waals surface area (Å²) in [4.78, 5) is 24.9. The van der Waals surface area contributed by atoms with Crippen LogP contribution in [0.25, 0.3) is 0 Å². The maximum Gasteiger partial charge on any atom is 0.306 e. The molecular formula is C41H76O5. The Labute approximate surface area is 286 Å². The van der Waals surface area contributed by atoms with E-state index in [1.54, 1.807) is 0 Å². The number of carbonyl (C=O) groups is 2. The summed E-state index contributed by atoms with van der Waals surface area (Å²) in [6, 6.07) is 0. The summed E-state index contributed by atoms with van der Waals surface area (Å²) >= 11 is 0. The average molecular weight is 649 g/mol. The number of hydrogen-bond acceptors (Lipinski definition) is 5. The van der Waals surface area contributed by atoms with Gasteiger partial charge >= 0.3 is 11.9 Å². The molecule has 0 radical (unpaired) electrons. The van der Waals surface area contributed by atoms with E-state index in [0.29, 0.717) is 19.4 Å². The van der Waals surface area contributed by atoms with Gasteiger partial charge in [0.25, 0.3) is 0 Å². The lowest BCUT2D eigenvalue weighted by atomic mass is 10.1. The van der Waals surface area contributed by atoms with Crippen LogP contribution >= 0.6 is 0 Å². The minimum atomic E-state index is -0.525. The van der Waals surface area contributed by atoms with E-state index in [4.69, 9.17) is 14.2 Å². The lowest BCUT2D eigenvalue weighted by molar-refractivity contribution is -0.163. The topological polar surface area (TPSA) is 61.8 Å². The maximum atomic E-state index is 12.5. The molecule has 0 aromatic carbocycles. The predicted octanol–water partition coefficient (Wildman–Crippen LogP) is 12.6. The Morgan fingerprint density at radius 1 is 0.478 bits per heavy atom. The first-order valence-corrected chi connectivity index (χ1v) is 19.9. The van der Waals surface area contributed by atoms with Gasteiger partial charge in [0.15, 0.2) is 6.10 Å². The van der Waals surface area contributed by atoms with Gasteiger partial charge in [0.2, 0.25) is 0 Å². The van der Waals surface area contributed by atoms with Crippen molar-refractivity contribution in [1.82, 2.24) is 0 Å². The van der Waals surface area contributed by atoms with Crippen molar-refractivity contribution in [3.8, 4) is 0 Å². The van der Waals surface area contributed by atoms with Crippen LogP contribution in [0.15, 0.2) is 24.3 Å². The summed E-state index contributed by atoms with van der Waals surface area (Å²) in [5.41, 5.74) is 0. The van der Waals surface area contributed by atoms with Crippen molar-refractivity contribution >= 4 is 11.9 Å². The van der Waals surface area contributed by atoms with Gasteiger partial charge in [-0.05, 0) is 51.4 Å². The van der Waals surface area contributed by atoms with Crippen LogP contribution in [-0.4, -0.2) is 37.9 Å². The maximum absolute atomic E-state index is 12.5. The van der Waals surface area contributed by atoms with Crippen molar-refractivity contribution in [1.29, 1.82) is 0 Å². The average Bonchev–Trinajstić information content (AvgIpc) is 3.05. The zero-order valence-corrected chi connectivity index (χ0v) is 30.8. The zero-order chi connectivity index (χ0) is 33.6. The summed E-state index contributed by atoms with van der Waals surface area (Å²) in [6.07, 6.45) is 40.4. The van der Waals surface area contributed by atoms with E-state index >= 15 is 0 Å². The van der Waals surface area contributed by atoms with E-state index in [0.717, 1.165) is 51.4 Å². The molecule has 270 valence electrons. The van der Waals surface area contributed by atoms with Crippen LogP contribution in [0.4, 0.5) is 0 Å². The summed E-state index contributed by atoms with van der Waals surface area (Å²) in [5, 5.41) is 0. The molecule has 0 spiro atoms. The summed E-state index contributed by atoms with van der Waals surface area (Å²) in [6.45, 7) is 7.72. The lowest BCUT2D eigenvalue weighted by Crippen LogP contribution is -2.30. The number of unbranched alkanes of at least 4 members (excludes halogenated alkanes) is 21. The summed E-state index contributed by atoms with van der Waals surface area (Å²) < 4.78 is 17.1. The molecule has 0 heterocycles. The van der Waals surface area contributed by atoms with Gasteiger partial charge in [0.1, 0.15) is 6.61 Å². The first-order chi connectivity index (χ1) is 22.6. The van der Waals surface area contributed by atoms with Crippen LogP contribution in [0.3, 0.4) is 0 Å². The standard InChI is InChI=1S/C41H76O5/c1-4-7-10-13-16-17-18-19-20-21-22-23-24-25-27-28-31-34-40(42)45-38-39(37-44-36-33-30-15-12-9-6-3)46-41(43)35-32-29-26-14-11-8-5-2/h16-17,19-20,39H,4-15,18,21-38H2,1-3H3/b17-16-,20-19-. The fourth-order valence-electron chi connectivity index (χ4n) is 5.48. The second-order valence-electron chi connectivity index (χ2n) is 13.2. The molecule has 0 rings (SSSR count). The van der Waals surface area contributed by atoms with Crippen LogP contribution in [0.2, 0.25) is 0 Å². The Bertz CT molecular complexity index is 701. The first-order valence-electron chi connectivity index (χ1n) is 19.9. The molecule has 0 aliphatic heterocycles. The minimum Gasteiger partial charge on any atom is -0.462 e. The monoisotopic (exact) mass is 649 g/mol. The number of carbonyl (C=O) groups excluding carboxylic acids is 2. The van der Waals surface area contributed by atoms with Gasteiger partial charge in [-0.2, -0.15) is 0 Å². The molecule has 46 heavy (non-hydrogen) atoms. The first kappa shape index (κ1) is 44.4. The Balaban J connectivity index is 4.05. The van der Waals surface area contributed by atoms with E-state index in [-0.39, 0.29) is 25.2 Å². The van der Waals surface area contributed by atoms with Gasteiger partial charge in [-0.1, -0.05) is 161 Å². The molecule has 5 heteroatoms. The van der Waals surface area contributed by atoms with Crippen molar-refractivity contribution in [2.75, 3.05) is 19.8 Å². The number of allylic oxidation sites excluding steroid dienone is 4. The summed E-state index contributed by atoms with van der Waals surface area (Å²) in [7, 11) is 0. The molecule has 0 aromatic heterocycles. The third-order valence-corrected chi connectivity index (χ3v) is 8.49. The Hall–Kier alpha value is -1.62. The second kappa shape index (κ2) is 37.8. The third kappa shape index (κ3) is 35.2. The molecule has 0 saturated carbocycles. The number of ether oxygens (including phenoxy) is 3. The smallest absolute Gasteiger partial charge is 0.306 e. The highest BCUT2D eigenvalue weighted by molar-refractivity contribution is 5.70. The molecule has 5 nitrogen and oxygen atoms in total. The third-order valence-electron chi connectivity index (χ3n) is 8.49. The van der Waals surface area contributed by atoms with Gasteiger partial charge in [-0.3, -0.25) is 9.59 Å². The highest BCUT2D eigenvalue weighted by Gasteiger charge is 2.17. The van der Waals surface area contributed by atoms with E-state index in [9.17, 15) is 9.59 Å². The van der Waals surface area contributed by atoms with Crippen molar-refractivity contribution in [2.24, 2.45) is 0 Å². The molecule has 0 N–H and O–H groups in total. The van der Waals surface area contributed by atoms with Crippen molar-refractivity contribution in [2.45, 2.75) is 207 Å². The lowest BCUT2D eigenvalue weighted by Gasteiger charge is -2.18. The molecule has 1 atom stereocenters. The molecule has 0 amide bonds. The van der Waals surface area contributed by atoms with Gasteiger partial charge in [0, 0.05) is 19.4 Å². The Morgan fingerprint density at radius 3 is 1.48 bits per heavy atom.